The number of aromatic nitrogens is 1. The molecule has 2 aromatic carbocycles. The molecule has 0 aliphatic rings. The summed E-state index contributed by atoms with van der Waals surface area (Å²) in [6.45, 7) is 0.923. The van der Waals surface area contributed by atoms with E-state index in [-0.39, 0.29) is 18.3 Å². The van der Waals surface area contributed by atoms with Gasteiger partial charge in [0.1, 0.15) is 24.7 Å². The Kier molecular flexibility index (Phi) is 7.53. The van der Waals surface area contributed by atoms with Crippen LogP contribution in [-0.4, -0.2) is 16.7 Å². The second-order valence-electron chi connectivity index (χ2n) is 7.39. The van der Waals surface area contributed by atoms with E-state index < -0.39 is 0 Å². The Morgan fingerprint density at radius 1 is 0.971 bits per heavy atom. The number of hydrogen-bond donors (Lipinski definition) is 2. The number of amides is 1. The maximum absolute atomic E-state index is 12.4. The van der Waals surface area contributed by atoms with Gasteiger partial charge in [0.2, 0.25) is 0 Å². The lowest BCUT2D eigenvalue weighted by atomic mass is 10.1. The highest BCUT2D eigenvalue weighted by Crippen LogP contribution is 2.14. The third-order valence-electron chi connectivity index (χ3n) is 4.86. The lowest BCUT2D eigenvalue weighted by Gasteiger charge is -2.08. The highest BCUT2D eigenvalue weighted by atomic mass is 16.6. The predicted molar refractivity (Wildman–Crippen MR) is 127 cm³/mol. The van der Waals surface area contributed by atoms with Gasteiger partial charge in [0, 0.05) is 29.1 Å². The number of carbonyl (C=O) groups is 1. The summed E-state index contributed by atoms with van der Waals surface area (Å²) in [6, 6.07) is 21.8. The average molecular weight is 457 g/mol. The molecule has 8 nitrogen and oxygen atoms in total. The fourth-order valence-electron chi connectivity index (χ4n) is 3.09. The van der Waals surface area contributed by atoms with Gasteiger partial charge in [-0.2, -0.15) is 0 Å². The number of oxime groups is 1. The first-order chi connectivity index (χ1) is 16.7. The standard InChI is InChI=1S/C26H24N4O4/c27-25(21-8-10-23(11-9-21)33-17-20-5-2-12-28-15-20)30-34-18-19-4-1-6-22(14-19)26(31)29-16-24-7-3-13-32-24/h1-15H,16-18H2,(H2,27,30)(H,29,31). The number of nitrogens with zero attached hydrogens (tertiary/aromatic N) is 2. The molecule has 34 heavy (non-hydrogen) atoms. The van der Waals surface area contributed by atoms with E-state index in [1.807, 2.05) is 42.5 Å². The van der Waals surface area contributed by atoms with Gasteiger partial charge in [-0.15, -0.1) is 0 Å². The number of nitrogens with one attached hydrogen (secondary N) is 1. The first-order valence-corrected chi connectivity index (χ1v) is 10.6. The van der Waals surface area contributed by atoms with Crippen molar-refractivity contribution < 1.29 is 18.8 Å². The van der Waals surface area contributed by atoms with Crippen molar-refractivity contribution in [1.29, 1.82) is 0 Å². The van der Waals surface area contributed by atoms with Crippen LogP contribution < -0.4 is 15.8 Å². The van der Waals surface area contributed by atoms with E-state index in [0.29, 0.717) is 35.8 Å². The Bertz CT molecular complexity index is 1220. The third kappa shape index (κ3) is 6.46. The minimum atomic E-state index is -0.202. The van der Waals surface area contributed by atoms with E-state index in [0.717, 1.165) is 11.1 Å². The van der Waals surface area contributed by atoms with Crippen molar-refractivity contribution in [2.24, 2.45) is 10.9 Å². The maximum atomic E-state index is 12.4. The molecule has 0 atom stereocenters. The Balaban J connectivity index is 1.27. The minimum absolute atomic E-state index is 0.173. The molecule has 0 aliphatic carbocycles. The molecule has 8 heteroatoms. The van der Waals surface area contributed by atoms with Gasteiger partial charge in [-0.1, -0.05) is 23.4 Å². The number of ether oxygens (including phenoxy) is 1. The van der Waals surface area contributed by atoms with Crippen molar-refractivity contribution in [2.45, 2.75) is 19.8 Å². The zero-order valence-corrected chi connectivity index (χ0v) is 18.4. The highest BCUT2D eigenvalue weighted by molar-refractivity contribution is 5.97. The quantitative estimate of drug-likeness (QED) is 0.212. The first-order valence-electron chi connectivity index (χ1n) is 10.6. The summed E-state index contributed by atoms with van der Waals surface area (Å²) in [5.41, 5.74) is 9.05. The zero-order valence-electron chi connectivity index (χ0n) is 18.4. The van der Waals surface area contributed by atoms with Crippen molar-refractivity contribution in [3.05, 3.63) is 119 Å². The molecule has 0 unspecified atom stereocenters. The minimum Gasteiger partial charge on any atom is -0.489 e. The summed E-state index contributed by atoms with van der Waals surface area (Å²) in [5.74, 6) is 1.44. The van der Waals surface area contributed by atoms with E-state index in [2.05, 4.69) is 15.5 Å². The zero-order chi connectivity index (χ0) is 23.6. The van der Waals surface area contributed by atoms with E-state index in [9.17, 15) is 4.79 Å². The van der Waals surface area contributed by atoms with Crippen LogP contribution in [0.4, 0.5) is 0 Å². The SMILES string of the molecule is N/C(=N/OCc1cccc(C(=O)NCc2ccco2)c1)c1ccc(OCc2cccnc2)cc1. The smallest absolute Gasteiger partial charge is 0.251 e. The Hall–Kier alpha value is -4.59. The predicted octanol–water partition coefficient (Wildman–Crippen LogP) is 4.02. The summed E-state index contributed by atoms with van der Waals surface area (Å²) in [5, 5.41) is 6.80. The molecule has 0 bridgehead atoms. The molecular formula is C26H24N4O4. The second-order valence-corrected chi connectivity index (χ2v) is 7.39. The summed E-state index contributed by atoms with van der Waals surface area (Å²) >= 11 is 0. The van der Waals surface area contributed by atoms with Crippen LogP contribution in [0, 0.1) is 0 Å². The molecule has 2 heterocycles. The molecule has 2 aromatic heterocycles. The molecule has 0 fully saturated rings. The number of rotatable bonds is 10. The molecule has 0 radical (unpaired) electrons. The number of carbonyl (C=O) groups excluding carboxylic acids is 1. The van der Waals surface area contributed by atoms with Crippen LogP contribution in [0.2, 0.25) is 0 Å². The van der Waals surface area contributed by atoms with Gasteiger partial charge in [0.25, 0.3) is 5.91 Å². The van der Waals surface area contributed by atoms with Crippen molar-refractivity contribution >= 4 is 11.7 Å². The normalized spacial score (nSPS) is 11.1. The van der Waals surface area contributed by atoms with E-state index in [4.69, 9.17) is 19.7 Å². The number of hydrogen-bond acceptors (Lipinski definition) is 6. The molecular weight excluding hydrogens is 432 g/mol. The summed E-state index contributed by atoms with van der Waals surface area (Å²) in [6.07, 6.45) is 5.05. The summed E-state index contributed by atoms with van der Waals surface area (Å²) in [4.78, 5) is 21.8. The molecule has 4 rings (SSSR count). The van der Waals surface area contributed by atoms with Crippen LogP contribution in [0.15, 0.2) is 101 Å². The lowest BCUT2D eigenvalue weighted by molar-refractivity contribution is 0.0947. The Morgan fingerprint density at radius 2 is 1.82 bits per heavy atom. The Labute approximate surface area is 197 Å². The third-order valence-corrected chi connectivity index (χ3v) is 4.86. The van der Waals surface area contributed by atoms with E-state index in [1.165, 1.54) is 0 Å². The molecule has 4 aromatic rings. The molecule has 172 valence electrons. The molecule has 0 spiro atoms. The number of nitrogens with two attached hydrogens (primary N) is 1. The largest absolute Gasteiger partial charge is 0.489 e. The van der Waals surface area contributed by atoms with Crippen molar-refractivity contribution in [3.8, 4) is 5.75 Å². The van der Waals surface area contributed by atoms with Gasteiger partial charge in [0.05, 0.1) is 12.8 Å². The monoisotopic (exact) mass is 456 g/mol. The summed E-state index contributed by atoms with van der Waals surface area (Å²) < 4.78 is 11.0. The van der Waals surface area contributed by atoms with Crippen molar-refractivity contribution in [3.63, 3.8) is 0 Å². The van der Waals surface area contributed by atoms with Crippen LogP contribution >= 0.6 is 0 Å². The van der Waals surface area contributed by atoms with Crippen LogP contribution in [0.1, 0.15) is 32.8 Å². The van der Waals surface area contributed by atoms with E-state index in [1.54, 1.807) is 49.0 Å². The van der Waals surface area contributed by atoms with Gasteiger partial charge in [-0.3, -0.25) is 9.78 Å². The highest BCUT2D eigenvalue weighted by Gasteiger charge is 2.08. The van der Waals surface area contributed by atoms with Crippen LogP contribution in [0.3, 0.4) is 0 Å². The van der Waals surface area contributed by atoms with Gasteiger partial charge < -0.3 is 25.0 Å². The van der Waals surface area contributed by atoms with Gasteiger partial charge in [-0.05, 0) is 60.2 Å². The number of benzene rings is 2. The topological polar surface area (TPSA) is 112 Å². The van der Waals surface area contributed by atoms with Gasteiger partial charge in [0.15, 0.2) is 5.84 Å². The first kappa shape index (κ1) is 22.6. The maximum Gasteiger partial charge on any atom is 0.251 e. The lowest BCUT2D eigenvalue weighted by Crippen LogP contribution is -2.22. The number of furan rings is 1. The fourth-order valence-corrected chi connectivity index (χ4v) is 3.09. The van der Waals surface area contributed by atoms with Crippen LogP contribution in [0.25, 0.3) is 0 Å². The van der Waals surface area contributed by atoms with Gasteiger partial charge >= 0.3 is 0 Å². The molecule has 1 amide bonds. The number of pyridine rings is 1. The molecule has 0 aliphatic heterocycles. The van der Waals surface area contributed by atoms with Gasteiger partial charge in [-0.25, -0.2) is 0 Å². The second kappa shape index (κ2) is 11.3. The van der Waals surface area contributed by atoms with Crippen LogP contribution in [-0.2, 0) is 24.6 Å². The molecule has 0 saturated heterocycles. The number of amidine groups is 1. The van der Waals surface area contributed by atoms with Crippen LogP contribution in [0.5, 0.6) is 5.75 Å². The Morgan fingerprint density at radius 3 is 2.59 bits per heavy atom. The molecule has 0 saturated carbocycles. The van der Waals surface area contributed by atoms with Crippen molar-refractivity contribution in [1.82, 2.24) is 10.3 Å². The average Bonchev–Trinajstić information content (AvgIpc) is 3.41. The molecule has 3 N–H and O–H groups in total. The fraction of sp³-hybridized carbons (Fsp3) is 0.115. The van der Waals surface area contributed by atoms with Crippen molar-refractivity contribution in [2.75, 3.05) is 0 Å². The van der Waals surface area contributed by atoms with E-state index >= 15 is 0 Å². The summed E-state index contributed by atoms with van der Waals surface area (Å²) in [7, 11) is 0.